The largest absolute Gasteiger partial charge is 0.396 e. The Bertz CT molecular complexity index is 569. The molecular formula is C14H23N3O3S. The van der Waals surface area contributed by atoms with Crippen molar-refractivity contribution in [3.63, 3.8) is 0 Å². The van der Waals surface area contributed by atoms with Crippen molar-refractivity contribution in [1.29, 1.82) is 0 Å². The van der Waals surface area contributed by atoms with Gasteiger partial charge in [-0.25, -0.2) is 5.14 Å². The van der Waals surface area contributed by atoms with Crippen molar-refractivity contribution >= 4 is 21.6 Å². The normalized spacial score (nSPS) is 18.2. The topological polar surface area (TPSA) is 104 Å². The van der Waals surface area contributed by atoms with Crippen LogP contribution in [0.25, 0.3) is 0 Å². The predicted molar refractivity (Wildman–Crippen MR) is 84.3 cm³/mol. The lowest BCUT2D eigenvalue weighted by atomic mass is 9.74. The molecule has 0 aliphatic heterocycles. The number of rotatable bonds is 6. The van der Waals surface area contributed by atoms with Crippen LogP contribution >= 0.6 is 0 Å². The average Bonchev–Trinajstić information content (AvgIpc) is 2.45. The first kappa shape index (κ1) is 16.1. The van der Waals surface area contributed by atoms with Crippen molar-refractivity contribution in [2.75, 3.05) is 23.2 Å². The van der Waals surface area contributed by atoms with Gasteiger partial charge in [0.05, 0.1) is 12.3 Å². The van der Waals surface area contributed by atoms with Crippen LogP contribution in [-0.2, 0) is 10.2 Å². The fraction of sp³-hybridized carbons (Fsp3) is 0.571. The molecule has 0 atom stereocenters. The molecule has 0 heterocycles. The maximum atomic E-state index is 11.0. The molecule has 1 aliphatic rings. The van der Waals surface area contributed by atoms with E-state index in [2.05, 4.69) is 10.0 Å². The summed E-state index contributed by atoms with van der Waals surface area (Å²) in [5.41, 5.74) is 1.16. The Kier molecular flexibility index (Phi) is 5.08. The molecule has 5 N–H and O–H groups in total. The number of hydrogen-bond acceptors (Lipinski definition) is 4. The van der Waals surface area contributed by atoms with Gasteiger partial charge in [-0.2, -0.15) is 8.42 Å². The standard InChI is InChI=1S/C14H23N3O3S/c15-21(19,20)17-13-6-4-5-12(9-13)16-10-14(11-18)7-2-1-3-8-14/h4-6,9,16-18H,1-3,7-8,10-11H2,(H2,15,19,20). The fourth-order valence-electron chi connectivity index (χ4n) is 2.84. The lowest BCUT2D eigenvalue weighted by molar-refractivity contribution is 0.0944. The molecule has 1 aromatic rings. The van der Waals surface area contributed by atoms with Crippen LogP contribution in [0.1, 0.15) is 32.1 Å². The van der Waals surface area contributed by atoms with Gasteiger partial charge in [-0.15, -0.1) is 0 Å². The maximum absolute atomic E-state index is 11.0. The molecule has 0 bridgehead atoms. The first-order valence-corrected chi connectivity index (χ1v) is 8.72. The summed E-state index contributed by atoms with van der Waals surface area (Å²) in [5.74, 6) is 0. The van der Waals surface area contributed by atoms with E-state index < -0.39 is 10.2 Å². The summed E-state index contributed by atoms with van der Waals surface area (Å²) in [6, 6.07) is 6.95. The van der Waals surface area contributed by atoms with Crippen molar-refractivity contribution in [2.24, 2.45) is 10.6 Å². The Morgan fingerprint density at radius 1 is 1.19 bits per heavy atom. The van der Waals surface area contributed by atoms with Crippen LogP contribution < -0.4 is 15.2 Å². The van der Waals surface area contributed by atoms with E-state index in [-0.39, 0.29) is 12.0 Å². The van der Waals surface area contributed by atoms with Gasteiger partial charge in [0, 0.05) is 17.6 Å². The van der Waals surface area contributed by atoms with Gasteiger partial charge < -0.3 is 10.4 Å². The van der Waals surface area contributed by atoms with Crippen LogP contribution in [0.4, 0.5) is 11.4 Å². The smallest absolute Gasteiger partial charge is 0.296 e. The minimum absolute atomic E-state index is 0.0678. The van der Waals surface area contributed by atoms with Crippen molar-refractivity contribution < 1.29 is 13.5 Å². The van der Waals surface area contributed by atoms with Crippen molar-refractivity contribution in [1.82, 2.24) is 0 Å². The summed E-state index contributed by atoms with van der Waals surface area (Å²) in [4.78, 5) is 0. The van der Waals surface area contributed by atoms with Crippen LogP contribution in [0.2, 0.25) is 0 Å². The van der Waals surface area contributed by atoms with Crippen molar-refractivity contribution in [3.05, 3.63) is 24.3 Å². The van der Waals surface area contributed by atoms with E-state index in [0.29, 0.717) is 12.2 Å². The molecule has 0 spiro atoms. The van der Waals surface area contributed by atoms with Gasteiger partial charge in [-0.3, -0.25) is 4.72 Å². The van der Waals surface area contributed by atoms with E-state index >= 15 is 0 Å². The quantitative estimate of drug-likeness (QED) is 0.641. The third-order valence-electron chi connectivity index (χ3n) is 4.04. The molecule has 1 saturated carbocycles. The first-order chi connectivity index (χ1) is 9.92. The summed E-state index contributed by atoms with van der Waals surface area (Å²) in [6.45, 7) is 0.859. The molecule has 1 aliphatic carbocycles. The summed E-state index contributed by atoms with van der Waals surface area (Å²) in [6.07, 6.45) is 5.57. The monoisotopic (exact) mass is 313 g/mol. The molecule has 0 unspecified atom stereocenters. The molecule has 7 heteroatoms. The molecule has 2 rings (SSSR count). The second-order valence-electron chi connectivity index (χ2n) is 5.80. The highest BCUT2D eigenvalue weighted by molar-refractivity contribution is 7.90. The molecule has 0 amide bonds. The number of nitrogens with two attached hydrogens (primary N) is 1. The van der Waals surface area contributed by atoms with Crippen molar-refractivity contribution in [2.45, 2.75) is 32.1 Å². The van der Waals surface area contributed by atoms with E-state index in [9.17, 15) is 13.5 Å². The molecule has 0 saturated heterocycles. The highest BCUT2D eigenvalue weighted by atomic mass is 32.2. The first-order valence-electron chi connectivity index (χ1n) is 7.18. The number of anilines is 2. The summed E-state index contributed by atoms with van der Waals surface area (Å²) in [7, 11) is -3.76. The zero-order valence-electron chi connectivity index (χ0n) is 12.0. The van der Waals surface area contributed by atoms with E-state index in [1.165, 1.54) is 6.42 Å². The highest BCUT2D eigenvalue weighted by Crippen LogP contribution is 2.36. The maximum Gasteiger partial charge on any atom is 0.296 e. The third kappa shape index (κ3) is 4.87. The van der Waals surface area contributed by atoms with Gasteiger partial charge in [0.1, 0.15) is 0 Å². The van der Waals surface area contributed by atoms with Gasteiger partial charge >= 0.3 is 0 Å². The van der Waals surface area contributed by atoms with Crippen LogP contribution in [0.15, 0.2) is 24.3 Å². The minimum Gasteiger partial charge on any atom is -0.396 e. The number of aliphatic hydroxyl groups is 1. The van der Waals surface area contributed by atoms with E-state index in [1.807, 2.05) is 6.07 Å². The second-order valence-corrected chi connectivity index (χ2v) is 7.09. The van der Waals surface area contributed by atoms with Crippen LogP contribution in [-0.4, -0.2) is 26.7 Å². The Hall–Kier alpha value is -1.31. The lowest BCUT2D eigenvalue weighted by Crippen LogP contribution is -2.35. The number of benzene rings is 1. The van der Waals surface area contributed by atoms with Gasteiger partial charge in [0.2, 0.25) is 0 Å². The molecule has 1 fully saturated rings. The second kappa shape index (κ2) is 6.64. The van der Waals surface area contributed by atoms with E-state index in [1.54, 1.807) is 18.2 Å². The minimum atomic E-state index is -3.76. The molecule has 1 aromatic carbocycles. The Balaban J connectivity index is 2.01. The number of nitrogens with one attached hydrogen (secondary N) is 2. The van der Waals surface area contributed by atoms with Gasteiger partial charge in [-0.1, -0.05) is 25.3 Å². The number of hydrogen-bond donors (Lipinski definition) is 4. The van der Waals surface area contributed by atoms with E-state index in [4.69, 9.17) is 5.14 Å². The summed E-state index contributed by atoms with van der Waals surface area (Å²) >= 11 is 0. The van der Waals surface area contributed by atoms with Gasteiger partial charge in [-0.05, 0) is 31.0 Å². The molecular weight excluding hydrogens is 290 g/mol. The molecule has 6 nitrogen and oxygen atoms in total. The van der Waals surface area contributed by atoms with Crippen LogP contribution in [0, 0.1) is 5.41 Å². The summed E-state index contributed by atoms with van der Waals surface area (Å²) in [5, 5.41) is 17.9. The Labute approximate surface area is 125 Å². The van der Waals surface area contributed by atoms with Gasteiger partial charge in [0.15, 0.2) is 0 Å². The highest BCUT2D eigenvalue weighted by Gasteiger charge is 2.31. The zero-order chi connectivity index (χ0) is 15.3. The van der Waals surface area contributed by atoms with Gasteiger partial charge in [0.25, 0.3) is 10.2 Å². The number of aliphatic hydroxyl groups excluding tert-OH is 1. The fourth-order valence-corrected chi connectivity index (χ4v) is 3.29. The molecule has 0 aromatic heterocycles. The van der Waals surface area contributed by atoms with Crippen LogP contribution in [0.3, 0.4) is 0 Å². The van der Waals surface area contributed by atoms with Crippen LogP contribution in [0.5, 0.6) is 0 Å². The third-order valence-corrected chi connectivity index (χ3v) is 4.56. The summed E-state index contributed by atoms with van der Waals surface area (Å²) < 4.78 is 24.3. The SMILES string of the molecule is NS(=O)(=O)Nc1cccc(NCC2(CO)CCCCC2)c1. The predicted octanol–water partition coefficient (Wildman–Crippen LogP) is 1.66. The van der Waals surface area contributed by atoms with E-state index in [0.717, 1.165) is 31.4 Å². The van der Waals surface area contributed by atoms with Crippen molar-refractivity contribution in [3.8, 4) is 0 Å². The Morgan fingerprint density at radius 2 is 1.86 bits per heavy atom. The molecule has 118 valence electrons. The average molecular weight is 313 g/mol. The molecule has 21 heavy (non-hydrogen) atoms. The lowest BCUT2D eigenvalue weighted by Gasteiger charge is -2.36. The Morgan fingerprint density at radius 3 is 2.48 bits per heavy atom. The molecule has 0 radical (unpaired) electrons. The zero-order valence-corrected chi connectivity index (χ0v) is 12.8.